The molecule has 8 atom stereocenters. The van der Waals surface area contributed by atoms with E-state index < -0.39 is 17.1 Å². The summed E-state index contributed by atoms with van der Waals surface area (Å²) in [5, 5.41) is 12.5. The highest BCUT2D eigenvalue weighted by Gasteiger charge is 2.71. The number of ketones is 1. The first-order valence-electron chi connectivity index (χ1n) is 13.8. The smallest absolute Gasteiger partial charge is 0.333 e. The van der Waals surface area contributed by atoms with Gasteiger partial charge in [-0.05, 0) is 88.9 Å². The van der Waals surface area contributed by atoms with Crippen LogP contribution in [0.25, 0.3) is 0 Å². The van der Waals surface area contributed by atoms with Gasteiger partial charge in [0.15, 0.2) is 0 Å². The molecule has 3 fully saturated rings. The SMILES string of the molecule is C/C=C(\C)C(=O)OC1CC2C(CC=C3CC(OCC(C)C)CCC32C)C2(O)CCC(C(C)=O)C12C. The molecule has 0 amide bonds. The van der Waals surface area contributed by atoms with Crippen LogP contribution in [0.5, 0.6) is 0 Å². The highest BCUT2D eigenvalue weighted by Crippen LogP contribution is 2.68. The second kappa shape index (κ2) is 9.45. The summed E-state index contributed by atoms with van der Waals surface area (Å²) in [6, 6.07) is 0. The van der Waals surface area contributed by atoms with Gasteiger partial charge in [0.1, 0.15) is 11.9 Å². The Balaban J connectivity index is 1.70. The van der Waals surface area contributed by atoms with E-state index in [-0.39, 0.29) is 41.0 Å². The van der Waals surface area contributed by atoms with Crippen molar-refractivity contribution < 1.29 is 24.2 Å². The zero-order chi connectivity index (χ0) is 25.8. The fourth-order valence-electron chi connectivity index (χ4n) is 8.18. The van der Waals surface area contributed by atoms with Gasteiger partial charge in [0.05, 0.1) is 11.7 Å². The molecule has 5 heteroatoms. The Labute approximate surface area is 211 Å². The van der Waals surface area contributed by atoms with Gasteiger partial charge < -0.3 is 14.6 Å². The van der Waals surface area contributed by atoms with Gasteiger partial charge in [-0.15, -0.1) is 0 Å². The molecule has 1 N–H and O–H groups in total. The first-order valence-corrected chi connectivity index (χ1v) is 13.8. The zero-order valence-corrected chi connectivity index (χ0v) is 22.9. The van der Waals surface area contributed by atoms with Crippen molar-refractivity contribution in [2.24, 2.45) is 34.5 Å². The molecular formula is C30H46O5. The summed E-state index contributed by atoms with van der Waals surface area (Å²) < 4.78 is 12.4. The summed E-state index contributed by atoms with van der Waals surface area (Å²) in [4.78, 5) is 25.7. The molecule has 0 aromatic carbocycles. The van der Waals surface area contributed by atoms with Crippen molar-refractivity contribution in [1.82, 2.24) is 0 Å². The Morgan fingerprint density at radius 3 is 2.51 bits per heavy atom. The van der Waals surface area contributed by atoms with Crippen LogP contribution in [-0.4, -0.2) is 41.3 Å². The monoisotopic (exact) mass is 486 g/mol. The van der Waals surface area contributed by atoms with Gasteiger partial charge in [-0.3, -0.25) is 4.79 Å². The minimum atomic E-state index is -1.03. The van der Waals surface area contributed by atoms with Crippen LogP contribution in [0, 0.1) is 34.5 Å². The number of ether oxygens (including phenoxy) is 2. The van der Waals surface area contributed by atoms with Crippen LogP contribution in [0.15, 0.2) is 23.3 Å². The van der Waals surface area contributed by atoms with Crippen LogP contribution in [0.1, 0.15) is 93.4 Å². The molecule has 0 aromatic heterocycles. The zero-order valence-electron chi connectivity index (χ0n) is 22.9. The summed E-state index contributed by atoms with van der Waals surface area (Å²) in [7, 11) is 0. The molecule has 3 saturated carbocycles. The predicted molar refractivity (Wildman–Crippen MR) is 137 cm³/mol. The molecule has 0 radical (unpaired) electrons. The highest BCUT2D eigenvalue weighted by molar-refractivity contribution is 5.88. The fourth-order valence-corrected chi connectivity index (χ4v) is 8.18. The van der Waals surface area contributed by atoms with Crippen LogP contribution in [-0.2, 0) is 19.1 Å². The van der Waals surface area contributed by atoms with Crippen molar-refractivity contribution in [3.05, 3.63) is 23.3 Å². The number of carbonyl (C=O) groups is 2. The van der Waals surface area contributed by atoms with Crippen molar-refractivity contribution in [3.63, 3.8) is 0 Å². The summed E-state index contributed by atoms with van der Waals surface area (Å²) in [6.45, 7) is 14.8. The number of rotatable bonds is 6. The van der Waals surface area contributed by atoms with Crippen molar-refractivity contribution in [2.45, 2.75) is 111 Å². The summed E-state index contributed by atoms with van der Waals surface area (Å²) >= 11 is 0. The van der Waals surface area contributed by atoms with Crippen molar-refractivity contribution in [2.75, 3.05) is 6.61 Å². The molecule has 0 saturated heterocycles. The third kappa shape index (κ3) is 4.15. The average Bonchev–Trinajstić information content (AvgIpc) is 3.10. The van der Waals surface area contributed by atoms with Crippen LogP contribution in [0.3, 0.4) is 0 Å². The summed E-state index contributed by atoms with van der Waals surface area (Å²) in [5.74, 6) is 0.252. The van der Waals surface area contributed by atoms with E-state index in [9.17, 15) is 14.7 Å². The summed E-state index contributed by atoms with van der Waals surface area (Å²) in [6.07, 6.45) is 9.63. The number of hydrogen-bond donors (Lipinski definition) is 1. The molecule has 0 aliphatic heterocycles. The van der Waals surface area contributed by atoms with Gasteiger partial charge >= 0.3 is 5.97 Å². The van der Waals surface area contributed by atoms with Gasteiger partial charge in [0.25, 0.3) is 0 Å². The van der Waals surface area contributed by atoms with E-state index in [2.05, 4.69) is 26.8 Å². The number of esters is 1. The minimum absolute atomic E-state index is 0.0493. The topological polar surface area (TPSA) is 72.8 Å². The van der Waals surface area contributed by atoms with E-state index >= 15 is 0 Å². The van der Waals surface area contributed by atoms with E-state index in [1.165, 1.54) is 5.57 Å². The second-order valence-electron chi connectivity index (χ2n) is 12.7. The van der Waals surface area contributed by atoms with Crippen molar-refractivity contribution in [1.29, 1.82) is 0 Å². The Morgan fingerprint density at radius 1 is 1.17 bits per heavy atom. The molecule has 8 unspecified atom stereocenters. The van der Waals surface area contributed by atoms with Crippen LogP contribution in [0.4, 0.5) is 0 Å². The minimum Gasteiger partial charge on any atom is -0.458 e. The Bertz CT molecular complexity index is 918. The third-order valence-corrected chi connectivity index (χ3v) is 10.5. The van der Waals surface area contributed by atoms with E-state index in [0.29, 0.717) is 30.8 Å². The van der Waals surface area contributed by atoms with Gasteiger partial charge in [0, 0.05) is 23.5 Å². The predicted octanol–water partition coefficient (Wildman–Crippen LogP) is 5.80. The molecule has 5 nitrogen and oxygen atoms in total. The number of fused-ring (bicyclic) bond motifs is 5. The Kier molecular flexibility index (Phi) is 7.18. The van der Waals surface area contributed by atoms with Crippen molar-refractivity contribution >= 4 is 11.8 Å². The van der Waals surface area contributed by atoms with E-state index in [1.807, 2.05) is 13.8 Å². The lowest BCUT2D eigenvalue weighted by Crippen LogP contribution is -2.66. The van der Waals surface area contributed by atoms with Gasteiger partial charge in [-0.2, -0.15) is 0 Å². The first-order chi connectivity index (χ1) is 16.4. The third-order valence-electron chi connectivity index (χ3n) is 10.5. The lowest BCUT2D eigenvalue weighted by atomic mass is 9.45. The molecule has 35 heavy (non-hydrogen) atoms. The van der Waals surface area contributed by atoms with Crippen molar-refractivity contribution in [3.8, 4) is 0 Å². The number of aliphatic hydroxyl groups is 1. The van der Waals surface area contributed by atoms with Crippen LogP contribution >= 0.6 is 0 Å². The van der Waals surface area contributed by atoms with Crippen LogP contribution in [0.2, 0.25) is 0 Å². The lowest BCUT2D eigenvalue weighted by molar-refractivity contribution is -0.232. The largest absolute Gasteiger partial charge is 0.458 e. The van der Waals surface area contributed by atoms with Gasteiger partial charge in [-0.1, -0.05) is 45.4 Å². The molecule has 4 aliphatic rings. The molecule has 0 aromatic rings. The Hall–Kier alpha value is -1.46. The molecular weight excluding hydrogens is 440 g/mol. The maximum absolute atomic E-state index is 13.0. The number of carbonyl (C=O) groups excluding carboxylic acids is 2. The van der Waals surface area contributed by atoms with Crippen LogP contribution < -0.4 is 0 Å². The normalized spacial score (nSPS) is 43.2. The summed E-state index contributed by atoms with van der Waals surface area (Å²) in [5.41, 5.74) is 0.156. The fraction of sp³-hybridized carbons (Fsp3) is 0.800. The number of hydrogen-bond acceptors (Lipinski definition) is 5. The lowest BCUT2D eigenvalue weighted by Gasteiger charge is -2.63. The quantitative estimate of drug-likeness (QED) is 0.292. The number of allylic oxidation sites excluding steroid dienone is 2. The Morgan fingerprint density at radius 2 is 1.89 bits per heavy atom. The van der Waals surface area contributed by atoms with E-state index in [4.69, 9.17) is 9.47 Å². The molecule has 0 bridgehead atoms. The molecule has 196 valence electrons. The van der Waals surface area contributed by atoms with E-state index in [1.54, 1.807) is 19.9 Å². The molecule has 4 aliphatic carbocycles. The van der Waals surface area contributed by atoms with E-state index in [0.717, 1.165) is 32.3 Å². The van der Waals surface area contributed by atoms with Gasteiger partial charge in [0.2, 0.25) is 0 Å². The number of Topliss-reactive ketones (excluding diaryl/α,β-unsaturated/α-hetero) is 1. The molecule has 0 spiro atoms. The maximum atomic E-state index is 13.0. The van der Waals surface area contributed by atoms with Gasteiger partial charge in [-0.25, -0.2) is 4.79 Å². The molecule has 4 rings (SSSR count). The molecule has 0 heterocycles. The first kappa shape index (κ1) is 26.6. The maximum Gasteiger partial charge on any atom is 0.333 e. The average molecular weight is 487 g/mol. The standard InChI is InChI=1S/C30H46O5/c1-8-19(4)27(32)35-26-16-25-24(30(33)14-12-23(20(5)31)29(26,30)7)10-9-21-15-22(34-17-18(2)3)11-13-28(21,25)6/h8-9,18,22-26,33H,10-17H2,1-7H3/b19-8+. The highest BCUT2D eigenvalue weighted by atomic mass is 16.5. The second-order valence-corrected chi connectivity index (χ2v) is 12.7.